The standard InChI is InChI=1S/C10H21N3/c11-5-8-12-7-4-10-3-1-2-6-13(10)9-12/h10H,1-9,11H2/t10-/m0/s1. The lowest BCUT2D eigenvalue weighted by Crippen LogP contribution is -2.53. The summed E-state index contributed by atoms with van der Waals surface area (Å²) in [6, 6.07) is 0.891. The second-order valence-corrected chi connectivity index (χ2v) is 4.30. The molecule has 0 aromatic rings. The van der Waals surface area contributed by atoms with Gasteiger partial charge in [0.25, 0.3) is 0 Å². The Morgan fingerprint density at radius 2 is 2.08 bits per heavy atom. The minimum absolute atomic E-state index is 0.804. The summed E-state index contributed by atoms with van der Waals surface area (Å²) in [5, 5.41) is 0. The fourth-order valence-corrected chi connectivity index (χ4v) is 2.60. The third-order valence-corrected chi connectivity index (χ3v) is 3.35. The van der Waals surface area contributed by atoms with Gasteiger partial charge in [0.05, 0.1) is 6.67 Å². The van der Waals surface area contributed by atoms with Gasteiger partial charge >= 0.3 is 0 Å². The number of piperidine rings is 1. The summed E-state index contributed by atoms with van der Waals surface area (Å²) in [6.07, 6.45) is 5.63. The third kappa shape index (κ3) is 2.22. The van der Waals surface area contributed by atoms with E-state index in [2.05, 4.69) is 9.80 Å². The maximum atomic E-state index is 5.57. The molecule has 3 nitrogen and oxygen atoms in total. The van der Waals surface area contributed by atoms with Crippen LogP contribution in [-0.4, -0.2) is 48.7 Å². The molecule has 0 spiro atoms. The molecule has 1 atom stereocenters. The van der Waals surface area contributed by atoms with Crippen molar-refractivity contribution < 1.29 is 0 Å². The van der Waals surface area contributed by atoms with Crippen LogP contribution >= 0.6 is 0 Å². The van der Waals surface area contributed by atoms with Crippen LogP contribution in [0.3, 0.4) is 0 Å². The molecule has 0 saturated carbocycles. The van der Waals surface area contributed by atoms with Crippen LogP contribution in [0, 0.1) is 0 Å². The average Bonchev–Trinajstić information content (AvgIpc) is 2.18. The Bertz CT molecular complexity index is 160. The Morgan fingerprint density at radius 1 is 1.15 bits per heavy atom. The molecule has 0 aromatic carbocycles. The van der Waals surface area contributed by atoms with Gasteiger partial charge in [-0.1, -0.05) is 6.42 Å². The zero-order valence-electron chi connectivity index (χ0n) is 8.41. The number of fused-ring (bicyclic) bond motifs is 1. The molecule has 0 amide bonds. The lowest BCUT2D eigenvalue weighted by atomic mass is 9.98. The Hall–Kier alpha value is -0.120. The molecule has 2 rings (SSSR count). The molecule has 76 valence electrons. The third-order valence-electron chi connectivity index (χ3n) is 3.35. The lowest BCUT2D eigenvalue weighted by molar-refractivity contribution is 0.0190. The van der Waals surface area contributed by atoms with Gasteiger partial charge in [-0.3, -0.25) is 9.80 Å². The highest BCUT2D eigenvalue weighted by molar-refractivity contribution is 4.82. The number of nitrogens with two attached hydrogens (primary N) is 1. The summed E-state index contributed by atoms with van der Waals surface area (Å²) in [5.74, 6) is 0. The summed E-state index contributed by atoms with van der Waals surface area (Å²) < 4.78 is 0. The number of rotatable bonds is 2. The molecule has 0 aromatic heterocycles. The van der Waals surface area contributed by atoms with E-state index in [1.54, 1.807) is 0 Å². The van der Waals surface area contributed by atoms with Gasteiger partial charge in [0.2, 0.25) is 0 Å². The zero-order valence-corrected chi connectivity index (χ0v) is 8.41. The first-order chi connectivity index (χ1) is 6.40. The quantitative estimate of drug-likeness (QED) is 0.675. The molecule has 3 heteroatoms. The predicted molar refractivity (Wildman–Crippen MR) is 54.5 cm³/mol. The van der Waals surface area contributed by atoms with Crippen LogP contribution in [0.2, 0.25) is 0 Å². The van der Waals surface area contributed by atoms with Crippen molar-refractivity contribution in [1.29, 1.82) is 0 Å². The number of hydrogen-bond donors (Lipinski definition) is 1. The van der Waals surface area contributed by atoms with E-state index < -0.39 is 0 Å². The van der Waals surface area contributed by atoms with Crippen LogP contribution in [0.15, 0.2) is 0 Å². The van der Waals surface area contributed by atoms with Gasteiger partial charge in [0, 0.05) is 25.7 Å². The van der Waals surface area contributed by atoms with E-state index in [1.165, 1.54) is 45.4 Å². The topological polar surface area (TPSA) is 32.5 Å². The summed E-state index contributed by atoms with van der Waals surface area (Å²) in [4.78, 5) is 5.13. The van der Waals surface area contributed by atoms with Gasteiger partial charge in [-0.15, -0.1) is 0 Å². The minimum atomic E-state index is 0.804. The Kier molecular flexibility index (Phi) is 3.19. The summed E-state index contributed by atoms with van der Waals surface area (Å²) >= 11 is 0. The molecule has 2 heterocycles. The van der Waals surface area contributed by atoms with E-state index in [9.17, 15) is 0 Å². The van der Waals surface area contributed by atoms with E-state index in [4.69, 9.17) is 5.73 Å². The molecular weight excluding hydrogens is 162 g/mol. The van der Waals surface area contributed by atoms with Crippen LogP contribution in [0.5, 0.6) is 0 Å². The van der Waals surface area contributed by atoms with Crippen molar-refractivity contribution >= 4 is 0 Å². The van der Waals surface area contributed by atoms with Crippen molar-refractivity contribution in [3.8, 4) is 0 Å². The molecule has 2 N–H and O–H groups in total. The summed E-state index contributed by atoms with van der Waals surface area (Å²) in [6.45, 7) is 5.62. The first kappa shape index (κ1) is 9.44. The normalized spacial score (nSPS) is 31.6. The highest BCUT2D eigenvalue weighted by Gasteiger charge is 2.27. The Morgan fingerprint density at radius 3 is 2.92 bits per heavy atom. The lowest BCUT2D eigenvalue weighted by Gasteiger charge is -2.44. The second-order valence-electron chi connectivity index (χ2n) is 4.30. The Labute approximate surface area is 80.9 Å². The fraction of sp³-hybridized carbons (Fsp3) is 1.00. The van der Waals surface area contributed by atoms with E-state index in [-0.39, 0.29) is 0 Å². The van der Waals surface area contributed by atoms with Crippen molar-refractivity contribution in [3.63, 3.8) is 0 Å². The molecule has 0 radical (unpaired) electrons. The van der Waals surface area contributed by atoms with Crippen LogP contribution < -0.4 is 5.73 Å². The molecule has 0 aliphatic carbocycles. The molecule has 0 bridgehead atoms. The van der Waals surface area contributed by atoms with Gasteiger partial charge < -0.3 is 5.73 Å². The van der Waals surface area contributed by atoms with Crippen LogP contribution in [0.4, 0.5) is 0 Å². The highest BCUT2D eigenvalue weighted by atomic mass is 15.3. The predicted octanol–water partition coefficient (Wildman–Crippen LogP) is 0.463. The van der Waals surface area contributed by atoms with Crippen molar-refractivity contribution in [2.45, 2.75) is 31.7 Å². The van der Waals surface area contributed by atoms with Crippen LogP contribution in [0.1, 0.15) is 25.7 Å². The molecule has 2 aliphatic rings. The fourth-order valence-electron chi connectivity index (χ4n) is 2.60. The van der Waals surface area contributed by atoms with Crippen molar-refractivity contribution in [1.82, 2.24) is 9.80 Å². The molecular formula is C10H21N3. The van der Waals surface area contributed by atoms with Crippen molar-refractivity contribution in [3.05, 3.63) is 0 Å². The smallest absolute Gasteiger partial charge is 0.0509 e. The van der Waals surface area contributed by atoms with Crippen molar-refractivity contribution in [2.24, 2.45) is 5.73 Å². The van der Waals surface area contributed by atoms with Gasteiger partial charge in [-0.2, -0.15) is 0 Å². The monoisotopic (exact) mass is 183 g/mol. The minimum Gasteiger partial charge on any atom is -0.329 e. The highest BCUT2D eigenvalue weighted by Crippen LogP contribution is 2.23. The first-order valence-electron chi connectivity index (χ1n) is 5.56. The van der Waals surface area contributed by atoms with E-state index in [0.717, 1.165) is 19.1 Å². The zero-order chi connectivity index (χ0) is 9.10. The number of nitrogens with zero attached hydrogens (tertiary/aromatic N) is 2. The van der Waals surface area contributed by atoms with Crippen LogP contribution in [0.25, 0.3) is 0 Å². The summed E-state index contributed by atoms with van der Waals surface area (Å²) in [5.41, 5.74) is 5.57. The SMILES string of the molecule is NCCN1CC[C@@H]2CCCCN2C1. The van der Waals surface area contributed by atoms with Crippen LogP contribution in [-0.2, 0) is 0 Å². The molecule has 13 heavy (non-hydrogen) atoms. The maximum absolute atomic E-state index is 5.57. The van der Waals surface area contributed by atoms with E-state index in [0.29, 0.717) is 0 Å². The molecule has 0 unspecified atom stereocenters. The molecule has 2 saturated heterocycles. The van der Waals surface area contributed by atoms with Gasteiger partial charge in [-0.25, -0.2) is 0 Å². The average molecular weight is 183 g/mol. The van der Waals surface area contributed by atoms with E-state index >= 15 is 0 Å². The van der Waals surface area contributed by atoms with Gasteiger partial charge in [-0.05, 0) is 25.8 Å². The summed E-state index contributed by atoms with van der Waals surface area (Å²) in [7, 11) is 0. The molecule has 2 aliphatic heterocycles. The van der Waals surface area contributed by atoms with Crippen molar-refractivity contribution in [2.75, 3.05) is 32.8 Å². The molecule has 2 fully saturated rings. The second kappa shape index (κ2) is 4.40. The van der Waals surface area contributed by atoms with Gasteiger partial charge in [0.15, 0.2) is 0 Å². The Balaban J connectivity index is 1.84. The van der Waals surface area contributed by atoms with Gasteiger partial charge in [0.1, 0.15) is 0 Å². The first-order valence-corrected chi connectivity index (χ1v) is 5.56. The van der Waals surface area contributed by atoms with E-state index in [1.807, 2.05) is 0 Å². The largest absolute Gasteiger partial charge is 0.329 e. The maximum Gasteiger partial charge on any atom is 0.0509 e. The number of hydrogen-bond acceptors (Lipinski definition) is 3.